The molecule has 21 heavy (non-hydrogen) atoms. The van der Waals surface area contributed by atoms with E-state index >= 15 is 0 Å². The van der Waals surface area contributed by atoms with Crippen molar-refractivity contribution in [1.82, 2.24) is 0 Å². The van der Waals surface area contributed by atoms with Crippen molar-refractivity contribution >= 4 is 31.9 Å². The van der Waals surface area contributed by atoms with Crippen LogP contribution in [0.2, 0.25) is 0 Å². The average molecular weight is 412 g/mol. The van der Waals surface area contributed by atoms with Crippen LogP contribution in [0.5, 0.6) is 5.75 Å². The molecule has 2 aromatic carbocycles. The summed E-state index contributed by atoms with van der Waals surface area (Å²) in [4.78, 5) is 0. The molecular formula is C18H20Br2O. The molecule has 0 N–H and O–H groups in total. The zero-order valence-corrected chi connectivity index (χ0v) is 15.6. The Bertz CT molecular complexity index is 578. The molecule has 1 nitrogen and oxygen atoms in total. The van der Waals surface area contributed by atoms with Crippen molar-refractivity contribution < 1.29 is 4.74 Å². The van der Waals surface area contributed by atoms with E-state index in [2.05, 4.69) is 75.2 Å². The highest BCUT2D eigenvalue weighted by molar-refractivity contribution is 9.10. The Morgan fingerprint density at radius 2 is 1.76 bits per heavy atom. The molecule has 2 rings (SSSR count). The number of alkyl halides is 1. The molecule has 0 aliphatic heterocycles. The molecule has 0 amide bonds. The molecule has 1 atom stereocenters. The van der Waals surface area contributed by atoms with Gasteiger partial charge in [0.05, 0.1) is 7.11 Å². The van der Waals surface area contributed by atoms with Crippen LogP contribution in [0.3, 0.4) is 0 Å². The monoisotopic (exact) mass is 410 g/mol. The van der Waals surface area contributed by atoms with Crippen LogP contribution < -0.4 is 4.74 Å². The van der Waals surface area contributed by atoms with Crippen LogP contribution in [0.25, 0.3) is 0 Å². The van der Waals surface area contributed by atoms with Gasteiger partial charge in [-0.3, -0.25) is 0 Å². The Morgan fingerprint density at radius 3 is 2.38 bits per heavy atom. The van der Waals surface area contributed by atoms with Crippen molar-refractivity contribution in [3.05, 3.63) is 63.6 Å². The SMILES string of the molecule is COc1ccc(Br)c(CC(CBr)Cc2ccc(C)cc2)c1. The number of halogens is 2. The van der Waals surface area contributed by atoms with E-state index in [-0.39, 0.29) is 0 Å². The van der Waals surface area contributed by atoms with Gasteiger partial charge >= 0.3 is 0 Å². The van der Waals surface area contributed by atoms with Gasteiger partial charge in [0, 0.05) is 9.80 Å². The Labute approximate surface area is 144 Å². The number of rotatable bonds is 6. The van der Waals surface area contributed by atoms with Crippen molar-refractivity contribution in [2.75, 3.05) is 12.4 Å². The fourth-order valence-corrected chi connectivity index (χ4v) is 3.25. The van der Waals surface area contributed by atoms with Crippen LogP contribution in [0.4, 0.5) is 0 Å². The summed E-state index contributed by atoms with van der Waals surface area (Å²) in [5.41, 5.74) is 4.00. The van der Waals surface area contributed by atoms with Crippen LogP contribution in [0.1, 0.15) is 16.7 Å². The molecule has 0 radical (unpaired) electrons. The molecule has 0 saturated heterocycles. The maximum absolute atomic E-state index is 5.32. The first kappa shape index (κ1) is 16.6. The second kappa shape index (κ2) is 8.00. The van der Waals surface area contributed by atoms with E-state index in [4.69, 9.17) is 4.74 Å². The molecule has 0 aliphatic carbocycles. The minimum atomic E-state index is 0.566. The summed E-state index contributed by atoms with van der Waals surface area (Å²) in [6.07, 6.45) is 2.10. The lowest BCUT2D eigenvalue weighted by atomic mass is 9.94. The third-order valence-corrected chi connectivity index (χ3v) is 5.31. The summed E-state index contributed by atoms with van der Waals surface area (Å²) >= 11 is 7.30. The average Bonchev–Trinajstić information content (AvgIpc) is 2.50. The summed E-state index contributed by atoms with van der Waals surface area (Å²) in [7, 11) is 1.71. The second-order valence-corrected chi connectivity index (χ2v) is 6.87. The maximum atomic E-state index is 5.32. The quantitative estimate of drug-likeness (QED) is 0.565. The zero-order valence-electron chi connectivity index (χ0n) is 12.4. The van der Waals surface area contributed by atoms with Crippen LogP contribution in [0.15, 0.2) is 46.9 Å². The number of ether oxygens (including phenoxy) is 1. The van der Waals surface area contributed by atoms with E-state index < -0.39 is 0 Å². The van der Waals surface area contributed by atoms with E-state index in [0.29, 0.717) is 5.92 Å². The van der Waals surface area contributed by atoms with Crippen LogP contribution >= 0.6 is 31.9 Å². The highest BCUT2D eigenvalue weighted by Crippen LogP contribution is 2.26. The molecule has 0 heterocycles. The van der Waals surface area contributed by atoms with Crippen LogP contribution in [-0.2, 0) is 12.8 Å². The van der Waals surface area contributed by atoms with Crippen molar-refractivity contribution in [2.24, 2.45) is 5.92 Å². The highest BCUT2D eigenvalue weighted by atomic mass is 79.9. The first-order valence-electron chi connectivity index (χ1n) is 7.06. The minimum Gasteiger partial charge on any atom is -0.497 e. The van der Waals surface area contributed by atoms with Crippen LogP contribution in [0, 0.1) is 12.8 Å². The van der Waals surface area contributed by atoms with Gasteiger partial charge in [0.15, 0.2) is 0 Å². The van der Waals surface area contributed by atoms with Crippen molar-refractivity contribution in [3.8, 4) is 5.75 Å². The smallest absolute Gasteiger partial charge is 0.119 e. The molecule has 112 valence electrons. The number of methoxy groups -OCH3 is 1. The van der Waals surface area contributed by atoms with Gasteiger partial charge in [0.2, 0.25) is 0 Å². The summed E-state index contributed by atoms with van der Waals surface area (Å²) in [5, 5.41) is 0.991. The van der Waals surface area contributed by atoms with Gasteiger partial charge < -0.3 is 4.74 Å². The topological polar surface area (TPSA) is 9.23 Å². The van der Waals surface area contributed by atoms with Crippen molar-refractivity contribution in [3.63, 3.8) is 0 Å². The van der Waals surface area contributed by atoms with Gasteiger partial charge in [-0.2, -0.15) is 0 Å². The van der Waals surface area contributed by atoms with Gasteiger partial charge in [-0.25, -0.2) is 0 Å². The fraction of sp³-hybridized carbons (Fsp3) is 0.333. The predicted molar refractivity (Wildman–Crippen MR) is 96.6 cm³/mol. The maximum Gasteiger partial charge on any atom is 0.119 e. The first-order chi connectivity index (χ1) is 10.1. The van der Waals surface area contributed by atoms with E-state index in [1.165, 1.54) is 16.7 Å². The number of aryl methyl sites for hydroxylation is 1. The van der Waals surface area contributed by atoms with Crippen molar-refractivity contribution in [2.45, 2.75) is 19.8 Å². The molecule has 1 unspecified atom stereocenters. The molecule has 0 fully saturated rings. The Balaban J connectivity index is 2.10. The van der Waals surface area contributed by atoms with Crippen LogP contribution in [-0.4, -0.2) is 12.4 Å². The van der Waals surface area contributed by atoms with Gasteiger partial charge in [0.25, 0.3) is 0 Å². The Kier molecular flexibility index (Phi) is 6.31. The zero-order chi connectivity index (χ0) is 15.2. The fourth-order valence-electron chi connectivity index (χ4n) is 2.38. The molecule has 0 saturated carbocycles. The summed E-state index contributed by atoms with van der Waals surface area (Å²) in [6, 6.07) is 15.0. The van der Waals surface area contributed by atoms with Gasteiger partial charge in [-0.15, -0.1) is 0 Å². The van der Waals surface area contributed by atoms with Gasteiger partial charge in [-0.1, -0.05) is 61.7 Å². The van der Waals surface area contributed by atoms with E-state index in [1.807, 2.05) is 6.07 Å². The third-order valence-electron chi connectivity index (χ3n) is 3.62. The molecule has 2 aromatic rings. The predicted octanol–water partition coefficient (Wildman–Crippen LogP) is 5.56. The number of hydrogen-bond donors (Lipinski definition) is 0. The van der Waals surface area contributed by atoms with E-state index in [0.717, 1.165) is 28.4 Å². The Hall–Kier alpha value is -0.800. The Morgan fingerprint density at radius 1 is 1.05 bits per heavy atom. The standard InChI is InChI=1S/C18H20Br2O/c1-13-3-5-14(6-4-13)9-15(12-19)10-16-11-17(21-2)7-8-18(16)20/h3-8,11,15H,9-10,12H2,1-2H3. The summed E-state index contributed by atoms with van der Waals surface area (Å²) in [5.74, 6) is 1.48. The van der Waals surface area contributed by atoms with Crippen molar-refractivity contribution in [1.29, 1.82) is 0 Å². The van der Waals surface area contributed by atoms with Gasteiger partial charge in [0.1, 0.15) is 5.75 Å². The molecular weight excluding hydrogens is 392 g/mol. The molecule has 0 aromatic heterocycles. The third kappa shape index (κ3) is 4.86. The van der Waals surface area contributed by atoms with Gasteiger partial charge in [-0.05, 0) is 55.0 Å². The summed E-state index contributed by atoms with van der Waals surface area (Å²) < 4.78 is 6.48. The molecule has 0 bridgehead atoms. The molecule has 0 spiro atoms. The summed E-state index contributed by atoms with van der Waals surface area (Å²) in [6.45, 7) is 2.12. The normalized spacial score (nSPS) is 12.2. The first-order valence-corrected chi connectivity index (χ1v) is 8.97. The molecule has 0 aliphatic rings. The largest absolute Gasteiger partial charge is 0.497 e. The minimum absolute atomic E-state index is 0.566. The second-order valence-electron chi connectivity index (χ2n) is 5.37. The lowest BCUT2D eigenvalue weighted by Gasteiger charge is -2.16. The number of benzene rings is 2. The molecule has 3 heteroatoms. The lowest BCUT2D eigenvalue weighted by molar-refractivity contribution is 0.413. The van der Waals surface area contributed by atoms with E-state index in [9.17, 15) is 0 Å². The van der Waals surface area contributed by atoms with E-state index in [1.54, 1.807) is 7.11 Å². The highest BCUT2D eigenvalue weighted by Gasteiger charge is 2.12. The number of hydrogen-bond acceptors (Lipinski definition) is 1. The lowest BCUT2D eigenvalue weighted by Crippen LogP contribution is -2.10.